The Bertz CT molecular complexity index is 113. The largest absolute Gasteiger partial charge is 0.198 e. The molecule has 3 heteroatoms. The van der Waals surface area contributed by atoms with E-state index in [0.29, 0.717) is 0 Å². The molecular weight excluding hydrogens is 150 g/mol. The van der Waals surface area contributed by atoms with Crippen molar-refractivity contribution in [2.45, 2.75) is 48.5 Å². The molecule has 0 aliphatic heterocycles. The van der Waals surface area contributed by atoms with Gasteiger partial charge in [0.05, 0.1) is 11.9 Å². The van der Waals surface area contributed by atoms with Gasteiger partial charge in [0.25, 0.3) is 0 Å². The fourth-order valence-electron chi connectivity index (χ4n) is 0.259. The number of hydrogen-bond donors (Lipinski definition) is 1. The summed E-state index contributed by atoms with van der Waals surface area (Å²) in [6.07, 6.45) is 1.67. The minimum Gasteiger partial charge on any atom is -0.198 e. The van der Waals surface area contributed by atoms with E-state index in [4.69, 9.17) is 0 Å². The van der Waals surface area contributed by atoms with Gasteiger partial charge in [-0.15, -0.1) is 0 Å². The fourth-order valence-corrected chi connectivity index (χ4v) is 0.259. The molecule has 0 aliphatic rings. The van der Waals surface area contributed by atoms with Crippen LogP contribution in [0.3, 0.4) is 0 Å². The molecule has 1 rings (SSSR count). The maximum absolute atomic E-state index is 3.68. The summed E-state index contributed by atoms with van der Waals surface area (Å²) in [6.45, 7) is 13.9. The van der Waals surface area contributed by atoms with Crippen molar-refractivity contribution in [2.75, 3.05) is 0 Å². The topological polar surface area (TPSA) is 41.6 Å². The van der Waals surface area contributed by atoms with E-state index in [0.717, 1.165) is 5.69 Å². The molecule has 0 fully saturated rings. The average molecular weight is 173 g/mol. The van der Waals surface area contributed by atoms with E-state index >= 15 is 0 Å². The van der Waals surface area contributed by atoms with E-state index in [-0.39, 0.29) is 0 Å². The Kier molecular flexibility index (Phi) is 32.4. The average Bonchev–Trinajstić information content (AvgIpc) is 2.66. The van der Waals surface area contributed by atoms with Gasteiger partial charge in [0.2, 0.25) is 0 Å². The third kappa shape index (κ3) is 16.1. The van der Waals surface area contributed by atoms with Crippen molar-refractivity contribution in [1.82, 2.24) is 15.4 Å². The zero-order valence-corrected chi connectivity index (χ0v) is 9.47. The highest BCUT2D eigenvalue weighted by molar-refractivity contribution is 4.82. The molecule has 0 saturated carbocycles. The molecule has 1 N–H and O–H groups in total. The van der Waals surface area contributed by atoms with Crippen LogP contribution >= 0.6 is 0 Å². The summed E-state index contributed by atoms with van der Waals surface area (Å²) in [5, 5.41) is 9.70. The molecule has 0 unspecified atom stereocenters. The number of aromatic nitrogens is 3. The van der Waals surface area contributed by atoms with E-state index in [2.05, 4.69) is 15.4 Å². The van der Waals surface area contributed by atoms with Crippen LogP contribution in [0.5, 0.6) is 0 Å². The second-order valence-corrected chi connectivity index (χ2v) is 1.11. The Hall–Kier alpha value is -0.860. The van der Waals surface area contributed by atoms with Crippen LogP contribution in [0, 0.1) is 6.92 Å². The van der Waals surface area contributed by atoms with Crippen LogP contribution in [0.1, 0.15) is 47.2 Å². The smallest absolute Gasteiger partial charge is 0.0793 e. The lowest BCUT2D eigenvalue weighted by molar-refractivity contribution is 0.928. The normalized spacial score (nSPS) is 5.92. The van der Waals surface area contributed by atoms with Crippen LogP contribution in [0.4, 0.5) is 0 Å². The molecule has 74 valence electrons. The molecular formula is C9H23N3. The summed E-state index contributed by atoms with van der Waals surface area (Å²) < 4.78 is 0. The van der Waals surface area contributed by atoms with Crippen LogP contribution in [0.25, 0.3) is 0 Å². The van der Waals surface area contributed by atoms with Gasteiger partial charge in [-0.3, -0.25) is 0 Å². The molecule has 0 aliphatic carbocycles. The molecule has 0 bridgehead atoms. The van der Waals surface area contributed by atoms with Crippen molar-refractivity contribution in [3.63, 3.8) is 0 Å². The summed E-state index contributed by atoms with van der Waals surface area (Å²) in [6, 6.07) is 0. The Labute approximate surface area is 76.6 Å². The second kappa shape index (κ2) is 22.5. The number of H-pyrrole nitrogens is 1. The van der Waals surface area contributed by atoms with Crippen LogP contribution in [0.15, 0.2) is 6.20 Å². The van der Waals surface area contributed by atoms with Gasteiger partial charge in [0, 0.05) is 0 Å². The van der Waals surface area contributed by atoms with Crippen molar-refractivity contribution >= 4 is 0 Å². The summed E-state index contributed by atoms with van der Waals surface area (Å²) in [5.74, 6) is 0. The molecule has 0 aromatic carbocycles. The maximum Gasteiger partial charge on any atom is 0.0793 e. The first-order valence-corrected chi connectivity index (χ1v) is 4.72. The van der Waals surface area contributed by atoms with Gasteiger partial charge in [-0.25, -0.2) is 0 Å². The lowest BCUT2D eigenvalue weighted by atomic mass is 10.6. The molecule has 12 heavy (non-hydrogen) atoms. The van der Waals surface area contributed by atoms with Gasteiger partial charge in [0.15, 0.2) is 0 Å². The lowest BCUT2D eigenvalue weighted by Crippen LogP contribution is -1.66. The molecule has 1 heterocycles. The van der Waals surface area contributed by atoms with Crippen molar-refractivity contribution in [3.05, 3.63) is 11.9 Å². The first kappa shape index (κ1) is 17.3. The quantitative estimate of drug-likeness (QED) is 0.654. The molecule has 1 aromatic heterocycles. The molecule has 0 spiro atoms. The Morgan fingerprint density at radius 1 is 1.00 bits per heavy atom. The van der Waals surface area contributed by atoms with Crippen molar-refractivity contribution < 1.29 is 0 Å². The van der Waals surface area contributed by atoms with Crippen molar-refractivity contribution in [2.24, 2.45) is 0 Å². The molecule has 0 saturated heterocycles. The number of rotatable bonds is 0. The molecule has 3 nitrogen and oxygen atoms in total. The zero-order valence-electron chi connectivity index (χ0n) is 9.47. The van der Waals surface area contributed by atoms with Crippen molar-refractivity contribution in [1.29, 1.82) is 0 Å². The minimum atomic E-state index is 0.926. The predicted octanol–water partition coefficient (Wildman–Crippen LogP) is 3.19. The molecule has 1 aromatic rings. The van der Waals surface area contributed by atoms with Crippen LogP contribution in [-0.2, 0) is 0 Å². The lowest BCUT2D eigenvalue weighted by Gasteiger charge is -1.62. The van der Waals surface area contributed by atoms with Crippen LogP contribution in [-0.4, -0.2) is 15.4 Å². The first-order valence-electron chi connectivity index (χ1n) is 4.72. The van der Waals surface area contributed by atoms with Gasteiger partial charge >= 0.3 is 0 Å². The minimum absolute atomic E-state index is 0.926. The molecule has 0 atom stereocenters. The van der Waals surface area contributed by atoms with Gasteiger partial charge in [0.1, 0.15) is 0 Å². The highest BCUT2D eigenvalue weighted by atomic mass is 15.3. The van der Waals surface area contributed by atoms with E-state index in [9.17, 15) is 0 Å². The molecule has 0 amide bonds. The number of nitrogens with zero attached hydrogens (tertiary/aromatic N) is 2. The third-order valence-electron chi connectivity index (χ3n) is 0.535. The van der Waals surface area contributed by atoms with Gasteiger partial charge in [-0.1, -0.05) is 41.5 Å². The monoisotopic (exact) mass is 173 g/mol. The number of aromatic amines is 1. The van der Waals surface area contributed by atoms with E-state index < -0.39 is 0 Å². The summed E-state index contributed by atoms with van der Waals surface area (Å²) in [4.78, 5) is 0. The Morgan fingerprint density at radius 3 is 1.50 bits per heavy atom. The predicted molar refractivity (Wildman–Crippen MR) is 55.2 cm³/mol. The Morgan fingerprint density at radius 2 is 1.42 bits per heavy atom. The number of aryl methyl sites for hydroxylation is 1. The van der Waals surface area contributed by atoms with Crippen molar-refractivity contribution in [3.8, 4) is 0 Å². The fraction of sp³-hybridized carbons (Fsp3) is 0.778. The number of hydrogen-bond acceptors (Lipinski definition) is 2. The first-order chi connectivity index (χ1) is 5.89. The summed E-state index contributed by atoms with van der Waals surface area (Å²) in [5.41, 5.74) is 0.926. The van der Waals surface area contributed by atoms with Gasteiger partial charge in [-0.2, -0.15) is 15.4 Å². The summed E-state index contributed by atoms with van der Waals surface area (Å²) in [7, 11) is 0. The van der Waals surface area contributed by atoms with E-state index in [1.165, 1.54) is 0 Å². The zero-order chi connectivity index (χ0) is 10.4. The number of nitrogens with one attached hydrogen (secondary N) is 1. The van der Waals surface area contributed by atoms with Crippen LogP contribution in [0.2, 0.25) is 0 Å². The standard InChI is InChI=1S/C3H5N3.3C2H6/c1-3-2-4-6-5-3;3*1-2/h2H,1H3,(H,4,5,6);3*1-2H3. The van der Waals surface area contributed by atoms with Gasteiger partial charge < -0.3 is 0 Å². The Balaban J connectivity index is -0.000000117. The summed E-state index contributed by atoms with van der Waals surface area (Å²) >= 11 is 0. The van der Waals surface area contributed by atoms with E-state index in [1.54, 1.807) is 6.20 Å². The van der Waals surface area contributed by atoms with Gasteiger partial charge in [-0.05, 0) is 6.92 Å². The van der Waals surface area contributed by atoms with E-state index in [1.807, 2.05) is 48.5 Å². The highest BCUT2D eigenvalue weighted by Crippen LogP contribution is 1.77. The second-order valence-electron chi connectivity index (χ2n) is 1.11. The highest BCUT2D eigenvalue weighted by Gasteiger charge is 1.76. The SMILES string of the molecule is CC.CC.CC.Cc1cn[nH]n1. The third-order valence-corrected chi connectivity index (χ3v) is 0.535. The van der Waals surface area contributed by atoms with Crippen LogP contribution < -0.4 is 0 Å². The molecule has 0 radical (unpaired) electrons. The maximum atomic E-state index is 3.68.